The van der Waals surface area contributed by atoms with Crippen molar-refractivity contribution < 1.29 is 14.0 Å². The maximum atomic E-state index is 17.0. The Kier molecular flexibility index (Phi) is 6.50. The lowest BCUT2D eigenvalue weighted by Gasteiger charge is -2.39. The van der Waals surface area contributed by atoms with Crippen LogP contribution in [0.5, 0.6) is 0 Å². The zero-order valence-electron chi connectivity index (χ0n) is 25.2. The number of benzene rings is 1. The third kappa shape index (κ3) is 4.21. The van der Waals surface area contributed by atoms with Gasteiger partial charge in [-0.1, -0.05) is 26.5 Å². The zero-order valence-corrected chi connectivity index (χ0v) is 25.2. The van der Waals surface area contributed by atoms with E-state index in [9.17, 15) is 14.4 Å². The van der Waals surface area contributed by atoms with Gasteiger partial charge < -0.3 is 15.1 Å². The van der Waals surface area contributed by atoms with Crippen LogP contribution in [0, 0.1) is 19.7 Å². The minimum absolute atomic E-state index is 0.00544. The van der Waals surface area contributed by atoms with E-state index >= 15 is 4.39 Å². The van der Waals surface area contributed by atoms with E-state index in [1.807, 2.05) is 39.8 Å². The van der Waals surface area contributed by atoms with Crippen LogP contribution in [-0.2, 0) is 9.59 Å². The molecule has 7 rings (SSSR count). The summed E-state index contributed by atoms with van der Waals surface area (Å²) < 4.78 is 18.4. The maximum absolute atomic E-state index is 17.0. The third-order valence-corrected chi connectivity index (χ3v) is 8.63. The van der Waals surface area contributed by atoms with E-state index < -0.39 is 23.5 Å². The van der Waals surface area contributed by atoms with Gasteiger partial charge in [-0.15, -0.1) is 0 Å². The molecule has 1 fully saturated rings. The molecule has 0 radical (unpaired) electrons. The number of anilines is 2. The summed E-state index contributed by atoms with van der Waals surface area (Å²) >= 11 is 0. The van der Waals surface area contributed by atoms with Crippen LogP contribution in [0.4, 0.5) is 15.9 Å². The van der Waals surface area contributed by atoms with Crippen LogP contribution in [0.1, 0.15) is 36.6 Å². The first-order valence-electron chi connectivity index (χ1n) is 14.6. The van der Waals surface area contributed by atoms with Gasteiger partial charge in [0, 0.05) is 30.2 Å². The molecule has 0 bridgehead atoms. The molecule has 13 heteroatoms. The van der Waals surface area contributed by atoms with Gasteiger partial charge in [0.2, 0.25) is 11.8 Å². The Morgan fingerprint density at radius 2 is 1.93 bits per heavy atom. The van der Waals surface area contributed by atoms with Gasteiger partial charge in [0.05, 0.1) is 40.7 Å². The first-order valence-corrected chi connectivity index (χ1v) is 14.6. The van der Waals surface area contributed by atoms with Gasteiger partial charge in [-0.3, -0.25) is 19.7 Å². The second kappa shape index (κ2) is 10.3. The molecule has 2 aliphatic rings. The number of halogens is 1. The highest BCUT2D eigenvalue weighted by Gasteiger charge is 2.41. The number of nitrogens with one attached hydrogen (secondary N) is 2. The smallest absolute Gasteiger partial charge is 0.340 e. The molecule has 2 aliphatic heterocycles. The summed E-state index contributed by atoms with van der Waals surface area (Å²) in [7, 11) is 0. The fourth-order valence-corrected chi connectivity index (χ4v) is 6.43. The molecule has 2 N–H and O–H groups in total. The van der Waals surface area contributed by atoms with Crippen LogP contribution in [0.2, 0.25) is 0 Å². The molecule has 0 saturated carbocycles. The number of pyridine rings is 2. The van der Waals surface area contributed by atoms with Gasteiger partial charge in [0.25, 0.3) is 0 Å². The van der Waals surface area contributed by atoms with E-state index in [-0.39, 0.29) is 59.7 Å². The van der Waals surface area contributed by atoms with Crippen LogP contribution < -0.4 is 15.9 Å². The highest BCUT2D eigenvalue weighted by atomic mass is 19.1. The van der Waals surface area contributed by atoms with E-state index in [1.54, 1.807) is 23.4 Å². The second-order valence-electron chi connectivity index (χ2n) is 11.7. The summed E-state index contributed by atoms with van der Waals surface area (Å²) in [4.78, 5) is 57.7. The van der Waals surface area contributed by atoms with E-state index in [0.29, 0.717) is 27.8 Å². The average Bonchev–Trinajstić information content (AvgIpc) is 3.46. The quantitative estimate of drug-likeness (QED) is 0.294. The van der Waals surface area contributed by atoms with E-state index in [2.05, 4.69) is 32.1 Å². The molecule has 1 saturated heterocycles. The van der Waals surface area contributed by atoms with Gasteiger partial charge in [-0.2, -0.15) is 10.1 Å². The number of aryl methyl sites for hydroxylation is 2. The van der Waals surface area contributed by atoms with Crippen molar-refractivity contribution in [3.63, 3.8) is 0 Å². The Morgan fingerprint density at radius 1 is 1.13 bits per heavy atom. The largest absolute Gasteiger partial charge is 0.355 e. The molecule has 1 unspecified atom stereocenters. The minimum Gasteiger partial charge on any atom is -0.340 e. The number of hydrogen-bond donors (Lipinski definition) is 2. The molecule has 1 atom stereocenters. The molecule has 5 aromatic rings. The van der Waals surface area contributed by atoms with Crippen molar-refractivity contribution in [3.8, 4) is 16.9 Å². The van der Waals surface area contributed by atoms with E-state index in [0.717, 1.165) is 11.1 Å². The molecule has 4 aromatic heterocycles. The Hall–Kier alpha value is -5.46. The van der Waals surface area contributed by atoms with Crippen molar-refractivity contribution >= 4 is 45.3 Å². The Balaban J connectivity index is 1.61. The number of aromatic amines is 1. The molecule has 0 aliphatic carbocycles. The van der Waals surface area contributed by atoms with Crippen molar-refractivity contribution in [2.45, 2.75) is 39.7 Å². The molecule has 2 amide bonds. The summed E-state index contributed by atoms with van der Waals surface area (Å²) in [6, 6.07) is 4.53. The van der Waals surface area contributed by atoms with E-state index in [4.69, 9.17) is 4.98 Å². The lowest BCUT2D eigenvalue weighted by atomic mass is 9.99. The average molecular weight is 608 g/mol. The van der Waals surface area contributed by atoms with Crippen molar-refractivity contribution in [1.29, 1.82) is 0 Å². The lowest BCUT2D eigenvalue weighted by molar-refractivity contribution is -0.128. The van der Waals surface area contributed by atoms with Gasteiger partial charge in [0.15, 0.2) is 11.5 Å². The number of rotatable bonds is 4. The number of hydrogen-bond acceptors (Lipinski definition) is 8. The van der Waals surface area contributed by atoms with Gasteiger partial charge in [-0.05, 0) is 49.1 Å². The molecular formula is C32H30FN9O3. The third-order valence-electron chi connectivity index (χ3n) is 8.63. The minimum atomic E-state index is -0.936. The molecule has 0 spiro atoms. The molecule has 45 heavy (non-hydrogen) atoms. The fraction of sp³-hybridized carbons (Fsp3) is 0.281. The lowest BCUT2D eigenvalue weighted by Crippen LogP contribution is -2.58. The number of carbonyl (C=O) groups excluding carboxylic acids is 2. The van der Waals surface area contributed by atoms with Crippen molar-refractivity contribution in [1.82, 2.24) is 34.6 Å². The van der Waals surface area contributed by atoms with Crippen LogP contribution in [-0.4, -0.2) is 72.1 Å². The fourth-order valence-electron chi connectivity index (χ4n) is 6.43. The number of piperazine rings is 1. The number of aromatic nitrogens is 6. The van der Waals surface area contributed by atoms with Crippen molar-refractivity contribution in [2.24, 2.45) is 0 Å². The maximum Gasteiger partial charge on any atom is 0.355 e. The highest BCUT2D eigenvalue weighted by molar-refractivity contribution is 6.12. The van der Waals surface area contributed by atoms with Crippen LogP contribution in [0.15, 0.2) is 48.0 Å². The van der Waals surface area contributed by atoms with Crippen LogP contribution >= 0.6 is 0 Å². The van der Waals surface area contributed by atoms with Gasteiger partial charge in [0.1, 0.15) is 17.6 Å². The topological polar surface area (TPSA) is 142 Å². The van der Waals surface area contributed by atoms with Crippen molar-refractivity contribution in [2.75, 3.05) is 29.9 Å². The number of amides is 2. The normalized spacial score (nSPS) is 16.2. The highest BCUT2D eigenvalue weighted by Crippen LogP contribution is 2.42. The molecule has 1 aromatic carbocycles. The first kappa shape index (κ1) is 28.3. The van der Waals surface area contributed by atoms with Gasteiger partial charge >= 0.3 is 5.69 Å². The summed E-state index contributed by atoms with van der Waals surface area (Å²) in [6.45, 7) is 11.6. The predicted molar refractivity (Wildman–Crippen MR) is 168 cm³/mol. The van der Waals surface area contributed by atoms with Gasteiger partial charge in [-0.25, -0.2) is 18.7 Å². The number of fused-ring (bicyclic) bond motifs is 3. The standard InChI is InChI=1S/C32H30FN9O3/c1-6-21(43)40-11-12-41-20(14-40)31(44)37-27-23-29(41)38-32(45)42(28-17(5)9-10-34-25(28)15(2)3)30(23)36-26(24(27)33)22-16(4)7-8-19-18(22)13-35-39-19/h6-10,13,15,20H,1,11-12,14H2,2-5H3,(H,35,39)(H,37,44). The Morgan fingerprint density at radius 3 is 2.69 bits per heavy atom. The number of nitrogens with zero attached hydrogens (tertiary/aromatic N) is 7. The number of H-pyrrole nitrogens is 1. The second-order valence-corrected chi connectivity index (χ2v) is 11.7. The zero-order chi connectivity index (χ0) is 31.7. The Bertz CT molecular complexity index is 2150. The summed E-state index contributed by atoms with van der Waals surface area (Å²) in [6.07, 6.45) is 4.46. The Labute approximate surface area is 256 Å². The molecule has 228 valence electrons. The summed E-state index contributed by atoms with van der Waals surface area (Å²) in [5.41, 5.74) is 3.05. The first-order chi connectivity index (χ1) is 21.6. The summed E-state index contributed by atoms with van der Waals surface area (Å²) in [5, 5.41) is 10.7. The predicted octanol–water partition coefficient (Wildman–Crippen LogP) is 3.75. The SMILES string of the molecule is C=CC(=O)N1CCN2c3nc(=O)n(-c4c(C)ccnc4C(C)C)c4nc(-c5c(C)ccc6[nH]ncc56)c(F)c(c34)NC(=O)C2C1. The summed E-state index contributed by atoms with van der Waals surface area (Å²) in [5.74, 6) is -1.58. The molecule has 12 nitrogen and oxygen atoms in total. The monoisotopic (exact) mass is 607 g/mol. The molecular weight excluding hydrogens is 577 g/mol. The van der Waals surface area contributed by atoms with Crippen molar-refractivity contribution in [3.05, 3.63) is 76.4 Å². The molecule has 6 heterocycles. The van der Waals surface area contributed by atoms with E-state index in [1.165, 1.54) is 15.5 Å². The van der Waals surface area contributed by atoms with Crippen LogP contribution in [0.3, 0.4) is 0 Å². The van der Waals surface area contributed by atoms with Crippen LogP contribution in [0.25, 0.3) is 38.9 Å². The number of carbonyl (C=O) groups is 2.